The van der Waals surface area contributed by atoms with Crippen molar-refractivity contribution in [2.75, 3.05) is 5.32 Å². The molecule has 2 aromatic rings. The van der Waals surface area contributed by atoms with E-state index < -0.39 is 0 Å². The first kappa shape index (κ1) is 12.8. The number of hydrogen-bond acceptors (Lipinski definition) is 1. The van der Waals surface area contributed by atoms with E-state index in [0.717, 1.165) is 17.3 Å². The van der Waals surface area contributed by atoms with Crippen LogP contribution in [0.3, 0.4) is 0 Å². The number of nitrogens with zero attached hydrogens (tertiary/aromatic N) is 1. The van der Waals surface area contributed by atoms with Crippen LogP contribution in [-0.4, -0.2) is 10.5 Å². The Kier molecular flexibility index (Phi) is 3.37. The van der Waals surface area contributed by atoms with Gasteiger partial charge in [0.15, 0.2) is 0 Å². The smallest absolute Gasteiger partial charge is 0.272 e. The van der Waals surface area contributed by atoms with Gasteiger partial charge in [-0.1, -0.05) is 11.6 Å². The van der Waals surface area contributed by atoms with E-state index in [9.17, 15) is 4.79 Å². The summed E-state index contributed by atoms with van der Waals surface area (Å²) < 4.78 is 2.85. The van der Waals surface area contributed by atoms with Crippen LogP contribution in [0, 0.1) is 0 Å². The fraction of sp³-hybridized carbons (Fsp3) is 0.214. The first-order chi connectivity index (χ1) is 9.15. The minimum Gasteiger partial charge on any atom is -0.340 e. The van der Waals surface area contributed by atoms with Crippen molar-refractivity contribution < 1.29 is 4.79 Å². The monoisotopic (exact) mass is 338 g/mol. The molecule has 0 saturated heterocycles. The molecule has 19 heavy (non-hydrogen) atoms. The summed E-state index contributed by atoms with van der Waals surface area (Å²) in [5.74, 6) is -0.102. The zero-order valence-corrected chi connectivity index (χ0v) is 12.4. The molecule has 1 aromatic heterocycles. The molecule has 1 aromatic carbocycles. The highest BCUT2D eigenvalue weighted by Gasteiger charge is 2.26. The maximum absolute atomic E-state index is 12.2. The average Bonchev–Trinajstić information content (AvgIpc) is 3.11. The Morgan fingerprint density at radius 2 is 2.16 bits per heavy atom. The fourth-order valence-corrected chi connectivity index (χ4v) is 2.45. The summed E-state index contributed by atoms with van der Waals surface area (Å²) >= 11 is 9.33. The number of benzene rings is 1. The van der Waals surface area contributed by atoms with E-state index in [1.807, 2.05) is 35.0 Å². The van der Waals surface area contributed by atoms with Crippen molar-refractivity contribution in [2.45, 2.75) is 18.9 Å². The molecule has 1 N–H and O–H groups in total. The number of anilines is 1. The zero-order chi connectivity index (χ0) is 13.4. The summed E-state index contributed by atoms with van der Waals surface area (Å²) in [7, 11) is 0. The van der Waals surface area contributed by atoms with Crippen LogP contribution in [0.4, 0.5) is 5.69 Å². The Morgan fingerprint density at radius 3 is 2.84 bits per heavy atom. The second-order valence-electron chi connectivity index (χ2n) is 4.61. The molecule has 3 rings (SSSR count). The van der Waals surface area contributed by atoms with Crippen molar-refractivity contribution in [3.63, 3.8) is 0 Å². The Hall–Kier alpha value is -1.26. The van der Waals surface area contributed by atoms with Crippen LogP contribution >= 0.6 is 27.5 Å². The number of nitrogens with one attached hydrogen (secondary N) is 1. The van der Waals surface area contributed by atoms with E-state index >= 15 is 0 Å². The summed E-state index contributed by atoms with van der Waals surface area (Å²) in [6.07, 6.45) is 4.26. The minimum atomic E-state index is -0.102. The predicted octanol–water partition coefficient (Wildman–Crippen LogP) is 4.49. The molecule has 1 saturated carbocycles. The summed E-state index contributed by atoms with van der Waals surface area (Å²) in [5, 5.41) is 3.45. The van der Waals surface area contributed by atoms with Crippen molar-refractivity contribution in [1.82, 2.24) is 4.57 Å². The van der Waals surface area contributed by atoms with Crippen molar-refractivity contribution >= 4 is 39.1 Å². The van der Waals surface area contributed by atoms with E-state index in [1.165, 1.54) is 0 Å². The highest BCUT2D eigenvalue weighted by Crippen LogP contribution is 2.36. The van der Waals surface area contributed by atoms with Crippen molar-refractivity contribution in [3.8, 4) is 0 Å². The van der Waals surface area contributed by atoms with Gasteiger partial charge in [0.25, 0.3) is 5.91 Å². The van der Waals surface area contributed by atoms with E-state index in [-0.39, 0.29) is 5.91 Å². The van der Waals surface area contributed by atoms with Gasteiger partial charge in [0.2, 0.25) is 0 Å². The Balaban J connectivity index is 1.80. The highest BCUT2D eigenvalue weighted by molar-refractivity contribution is 9.10. The largest absolute Gasteiger partial charge is 0.340 e. The number of amides is 1. The van der Waals surface area contributed by atoms with E-state index in [1.54, 1.807) is 6.07 Å². The molecule has 1 aliphatic carbocycles. The SMILES string of the molecule is O=C(Nc1ccc(Br)c(Cl)c1)c1cccn1C1CC1. The molecule has 1 amide bonds. The lowest BCUT2D eigenvalue weighted by atomic mass is 10.3. The summed E-state index contributed by atoms with van der Waals surface area (Å²) in [6, 6.07) is 9.60. The molecule has 0 radical (unpaired) electrons. The van der Waals surface area contributed by atoms with Crippen LogP contribution in [0.5, 0.6) is 0 Å². The van der Waals surface area contributed by atoms with Crippen LogP contribution < -0.4 is 5.32 Å². The molecule has 0 bridgehead atoms. The summed E-state index contributed by atoms with van der Waals surface area (Å²) in [4.78, 5) is 12.2. The number of rotatable bonds is 3. The first-order valence-electron chi connectivity index (χ1n) is 6.08. The Morgan fingerprint density at radius 1 is 1.37 bits per heavy atom. The number of aromatic nitrogens is 1. The van der Waals surface area contributed by atoms with Gasteiger partial charge in [-0.25, -0.2) is 0 Å². The van der Waals surface area contributed by atoms with Gasteiger partial charge in [-0.2, -0.15) is 0 Å². The fourth-order valence-electron chi connectivity index (χ4n) is 2.03. The van der Waals surface area contributed by atoms with Crippen LogP contribution in [0.25, 0.3) is 0 Å². The van der Waals surface area contributed by atoms with Gasteiger partial charge in [-0.3, -0.25) is 4.79 Å². The molecule has 1 fully saturated rings. The van der Waals surface area contributed by atoms with Gasteiger partial charge >= 0.3 is 0 Å². The quantitative estimate of drug-likeness (QED) is 0.878. The molecule has 3 nitrogen and oxygen atoms in total. The number of carbonyl (C=O) groups excluding carboxylic acids is 1. The van der Waals surface area contributed by atoms with Gasteiger partial charge in [0, 0.05) is 22.4 Å². The van der Waals surface area contributed by atoms with Gasteiger partial charge in [0.1, 0.15) is 5.69 Å². The second kappa shape index (κ2) is 5.02. The molecular formula is C14H12BrClN2O. The minimum absolute atomic E-state index is 0.102. The van der Waals surface area contributed by atoms with Crippen molar-refractivity contribution in [1.29, 1.82) is 0 Å². The number of halogens is 2. The molecule has 98 valence electrons. The molecule has 0 spiro atoms. The maximum atomic E-state index is 12.2. The number of hydrogen-bond donors (Lipinski definition) is 1. The second-order valence-corrected chi connectivity index (χ2v) is 5.88. The predicted molar refractivity (Wildman–Crippen MR) is 79.8 cm³/mol. The third-order valence-corrected chi connectivity index (χ3v) is 4.36. The molecule has 0 unspecified atom stereocenters. The molecule has 0 atom stereocenters. The van der Waals surface area contributed by atoms with E-state index in [4.69, 9.17) is 11.6 Å². The highest BCUT2D eigenvalue weighted by atomic mass is 79.9. The summed E-state index contributed by atoms with van der Waals surface area (Å²) in [5.41, 5.74) is 1.39. The zero-order valence-electron chi connectivity index (χ0n) is 10.1. The molecule has 1 heterocycles. The first-order valence-corrected chi connectivity index (χ1v) is 7.25. The average molecular weight is 340 g/mol. The standard InChI is InChI=1S/C14H12BrClN2O/c15-11-6-3-9(8-12(11)16)17-14(19)13-2-1-7-18(13)10-4-5-10/h1-3,6-8,10H,4-5H2,(H,17,19). The van der Waals surface area contributed by atoms with Crippen LogP contribution in [0.2, 0.25) is 5.02 Å². The third kappa shape index (κ3) is 2.69. The van der Waals surface area contributed by atoms with Gasteiger partial charge in [0.05, 0.1) is 5.02 Å². The molecule has 1 aliphatic rings. The lowest BCUT2D eigenvalue weighted by Gasteiger charge is -2.09. The van der Waals surface area contributed by atoms with Crippen molar-refractivity contribution in [3.05, 3.63) is 51.7 Å². The third-order valence-electron chi connectivity index (χ3n) is 3.13. The van der Waals surface area contributed by atoms with E-state index in [2.05, 4.69) is 21.2 Å². The van der Waals surface area contributed by atoms with Gasteiger partial charge in [-0.05, 0) is 59.1 Å². The normalized spacial score (nSPS) is 14.4. The lowest BCUT2D eigenvalue weighted by molar-refractivity contribution is 0.101. The van der Waals surface area contributed by atoms with Crippen LogP contribution in [0.1, 0.15) is 29.4 Å². The lowest BCUT2D eigenvalue weighted by Crippen LogP contribution is -2.16. The molecule has 0 aliphatic heterocycles. The van der Waals surface area contributed by atoms with Crippen LogP contribution in [0.15, 0.2) is 41.0 Å². The molecular weight excluding hydrogens is 328 g/mol. The van der Waals surface area contributed by atoms with Crippen LogP contribution in [-0.2, 0) is 0 Å². The van der Waals surface area contributed by atoms with Gasteiger partial charge in [-0.15, -0.1) is 0 Å². The Bertz CT molecular complexity index is 634. The van der Waals surface area contributed by atoms with Gasteiger partial charge < -0.3 is 9.88 Å². The van der Waals surface area contributed by atoms with E-state index in [0.29, 0.717) is 22.4 Å². The topological polar surface area (TPSA) is 34.0 Å². The van der Waals surface area contributed by atoms with Crippen molar-refractivity contribution in [2.24, 2.45) is 0 Å². The maximum Gasteiger partial charge on any atom is 0.272 e. The molecule has 5 heteroatoms. The summed E-state index contributed by atoms with van der Waals surface area (Å²) in [6.45, 7) is 0. The number of carbonyl (C=O) groups is 1. The Labute approximate surface area is 124 Å².